The Labute approximate surface area is 142 Å². The first-order valence-electron chi connectivity index (χ1n) is 6.83. The summed E-state index contributed by atoms with van der Waals surface area (Å²) in [6.07, 6.45) is 1.63. The monoisotopic (exact) mass is 349 g/mol. The number of halogens is 2. The molecule has 8 heteroatoms. The number of hydrogen-bond acceptors (Lipinski definition) is 4. The molecule has 0 spiro atoms. The van der Waals surface area contributed by atoms with Crippen molar-refractivity contribution in [3.8, 4) is 0 Å². The van der Waals surface area contributed by atoms with Gasteiger partial charge in [0.15, 0.2) is 0 Å². The van der Waals surface area contributed by atoms with Crippen LogP contribution in [0.4, 0.5) is 0 Å². The molecule has 3 rings (SSSR count). The van der Waals surface area contributed by atoms with Crippen LogP contribution in [-0.4, -0.2) is 37.4 Å². The van der Waals surface area contributed by atoms with Crippen molar-refractivity contribution >= 4 is 34.9 Å². The van der Waals surface area contributed by atoms with Crippen LogP contribution in [0.25, 0.3) is 5.78 Å². The number of aromatic nitrogens is 4. The maximum absolute atomic E-state index is 12.5. The van der Waals surface area contributed by atoms with Crippen molar-refractivity contribution in [3.05, 3.63) is 57.6 Å². The number of amides is 1. The fourth-order valence-electron chi connectivity index (χ4n) is 2.14. The summed E-state index contributed by atoms with van der Waals surface area (Å²) < 4.78 is 1.54. The standard InChI is InChI=1S/C15H13Cl2N5O/c1-9-5-6-18-15-19-13(20-22(9)15)14(23)21(2)8-10-3-4-11(16)7-12(10)17/h3-7H,8H2,1-2H3. The molecule has 0 N–H and O–H groups in total. The Kier molecular flexibility index (Phi) is 4.19. The van der Waals surface area contributed by atoms with E-state index in [0.717, 1.165) is 11.3 Å². The number of hydrogen-bond donors (Lipinski definition) is 0. The molecule has 0 atom stereocenters. The molecule has 0 aliphatic rings. The van der Waals surface area contributed by atoms with E-state index in [9.17, 15) is 4.79 Å². The summed E-state index contributed by atoms with van der Waals surface area (Å²) in [6.45, 7) is 2.20. The fraction of sp³-hybridized carbons (Fsp3) is 0.200. The van der Waals surface area contributed by atoms with Gasteiger partial charge in [-0.15, -0.1) is 5.10 Å². The fourth-order valence-corrected chi connectivity index (χ4v) is 2.61. The van der Waals surface area contributed by atoms with E-state index in [2.05, 4.69) is 15.1 Å². The minimum Gasteiger partial charge on any atom is -0.335 e. The SMILES string of the molecule is Cc1ccnc2nc(C(=O)N(C)Cc3ccc(Cl)cc3Cl)nn12. The summed E-state index contributed by atoms with van der Waals surface area (Å²) in [7, 11) is 1.67. The van der Waals surface area contributed by atoms with Crippen molar-refractivity contribution in [2.75, 3.05) is 7.05 Å². The van der Waals surface area contributed by atoms with E-state index in [1.165, 1.54) is 9.42 Å². The minimum atomic E-state index is -0.305. The van der Waals surface area contributed by atoms with E-state index < -0.39 is 0 Å². The van der Waals surface area contributed by atoms with Crippen LogP contribution >= 0.6 is 23.2 Å². The maximum Gasteiger partial charge on any atom is 0.293 e. The molecule has 23 heavy (non-hydrogen) atoms. The van der Waals surface area contributed by atoms with Crippen LogP contribution in [0.2, 0.25) is 10.0 Å². The molecule has 0 radical (unpaired) electrons. The minimum absolute atomic E-state index is 0.0967. The first-order chi connectivity index (χ1) is 11.0. The van der Waals surface area contributed by atoms with Crippen molar-refractivity contribution in [2.24, 2.45) is 0 Å². The summed E-state index contributed by atoms with van der Waals surface area (Å²) in [5, 5.41) is 5.27. The zero-order valence-corrected chi connectivity index (χ0v) is 14.0. The third kappa shape index (κ3) is 3.13. The van der Waals surface area contributed by atoms with Crippen LogP contribution in [0.15, 0.2) is 30.5 Å². The van der Waals surface area contributed by atoms with E-state index in [1.54, 1.807) is 37.5 Å². The van der Waals surface area contributed by atoms with E-state index in [0.29, 0.717) is 22.4 Å². The topological polar surface area (TPSA) is 63.4 Å². The first kappa shape index (κ1) is 15.7. The predicted molar refractivity (Wildman–Crippen MR) is 87.8 cm³/mol. The first-order valence-corrected chi connectivity index (χ1v) is 7.59. The van der Waals surface area contributed by atoms with Crippen molar-refractivity contribution < 1.29 is 4.79 Å². The van der Waals surface area contributed by atoms with E-state index in [-0.39, 0.29) is 11.7 Å². The molecule has 1 amide bonds. The molecule has 2 heterocycles. The van der Waals surface area contributed by atoms with Gasteiger partial charge in [0.1, 0.15) is 0 Å². The lowest BCUT2D eigenvalue weighted by Crippen LogP contribution is -2.27. The zero-order chi connectivity index (χ0) is 16.6. The average molecular weight is 350 g/mol. The van der Waals surface area contributed by atoms with Gasteiger partial charge in [-0.1, -0.05) is 29.3 Å². The lowest BCUT2D eigenvalue weighted by atomic mass is 10.2. The van der Waals surface area contributed by atoms with E-state index in [1.807, 2.05) is 6.92 Å². The van der Waals surface area contributed by atoms with Gasteiger partial charge in [0.2, 0.25) is 5.82 Å². The molecule has 0 aliphatic heterocycles. The lowest BCUT2D eigenvalue weighted by Gasteiger charge is -2.16. The Morgan fingerprint density at radius 3 is 2.78 bits per heavy atom. The van der Waals surface area contributed by atoms with Gasteiger partial charge in [0.25, 0.3) is 11.7 Å². The maximum atomic E-state index is 12.5. The highest BCUT2D eigenvalue weighted by Gasteiger charge is 2.19. The van der Waals surface area contributed by atoms with Gasteiger partial charge in [0.05, 0.1) is 0 Å². The zero-order valence-electron chi connectivity index (χ0n) is 12.5. The van der Waals surface area contributed by atoms with Crippen molar-refractivity contribution in [1.82, 2.24) is 24.5 Å². The molecule has 118 valence electrons. The Balaban J connectivity index is 1.84. The van der Waals surface area contributed by atoms with Crippen molar-refractivity contribution in [2.45, 2.75) is 13.5 Å². The molecule has 0 saturated carbocycles. The largest absolute Gasteiger partial charge is 0.335 e. The molecule has 0 fully saturated rings. The second-order valence-corrected chi connectivity index (χ2v) is 5.97. The highest BCUT2D eigenvalue weighted by Crippen LogP contribution is 2.22. The molecule has 1 aromatic carbocycles. The van der Waals surface area contributed by atoms with Crippen LogP contribution in [-0.2, 0) is 6.54 Å². The number of aryl methyl sites for hydroxylation is 1. The Morgan fingerprint density at radius 1 is 1.30 bits per heavy atom. The molecule has 0 bridgehead atoms. The van der Waals surface area contributed by atoms with Crippen LogP contribution in [0.3, 0.4) is 0 Å². The molecule has 0 saturated heterocycles. The summed E-state index contributed by atoms with van der Waals surface area (Å²) in [6, 6.07) is 6.97. The molecule has 0 aliphatic carbocycles. The Morgan fingerprint density at radius 2 is 2.09 bits per heavy atom. The number of rotatable bonds is 3. The van der Waals surface area contributed by atoms with Crippen LogP contribution < -0.4 is 0 Å². The van der Waals surface area contributed by atoms with Gasteiger partial charge in [-0.2, -0.15) is 4.98 Å². The second kappa shape index (κ2) is 6.14. The van der Waals surface area contributed by atoms with Crippen LogP contribution in [0.1, 0.15) is 21.9 Å². The summed E-state index contributed by atoms with van der Waals surface area (Å²) in [4.78, 5) is 22.3. The molecule has 3 aromatic rings. The molecular weight excluding hydrogens is 337 g/mol. The van der Waals surface area contributed by atoms with Gasteiger partial charge in [-0.25, -0.2) is 9.50 Å². The highest BCUT2D eigenvalue weighted by molar-refractivity contribution is 6.35. The quantitative estimate of drug-likeness (QED) is 0.729. The van der Waals surface area contributed by atoms with Gasteiger partial charge < -0.3 is 4.90 Å². The summed E-state index contributed by atoms with van der Waals surface area (Å²) in [5.41, 5.74) is 1.65. The van der Waals surface area contributed by atoms with Gasteiger partial charge >= 0.3 is 0 Å². The smallest absolute Gasteiger partial charge is 0.293 e. The van der Waals surface area contributed by atoms with E-state index in [4.69, 9.17) is 23.2 Å². The normalized spacial score (nSPS) is 11.0. The Bertz CT molecular complexity index is 893. The Hall–Kier alpha value is -2.18. The number of carbonyl (C=O) groups is 1. The number of carbonyl (C=O) groups excluding carboxylic acids is 1. The molecular formula is C15H13Cl2N5O. The van der Waals surface area contributed by atoms with Crippen LogP contribution in [0, 0.1) is 6.92 Å². The van der Waals surface area contributed by atoms with Crippen molar-refractivity contribution in [3.63, 3.8) is 0 Å². The third-order valence-corrected chi connectivity index (χ3v) is 3.98. The highest BCUT2D eigenvalue weighted by atomic mass is 35.5. The third-order valence-electron chi connectivity index (χ3n) is 3.39. The van der Waals surface area contributed by atoms with E-state index >= 15 is 0 Å². The van der Waals surface area contributed by atoms with Gasteiger partial charge in [-0.05, 0) is 30.7 Å². The van der Waals surface area contributed by atoms with Crippen LogP contribution in [0.5, 0.6) is 0 Å². The number of fused-ring (bicyclic) bond motifs is 1. The summed E-state index contributed by atoms with van der Waals surface area (Å²) >= 11 is 12.0. The second-order valence-electron chi connectivity index (χ2n) is 5.13. The lowest BCUT2D eigenvalue weighted by molar-refractivity contribution is 0.0773. The summed E-state index contributed by atoms with van der Waals surface area (Å²) in [5.74, 6) is 0.187. The van der Waals surface area contributed by atoms with Gasteiger partial charge in [-0.3, -0.25) is 4.79 Å². The van der Waals surface area contributed by atoms with Crippen molar-refractivity contribution in [1.29, 1.82) is 0 Å². The number of nitrogens with zero attached hydrogens (tertiary/aromatic N) is 5. The molecule has 0 unspecified atom stereocenters. The number of benzene rings is 1. The molecule has 2 aromatic heterocycles. The average Bonchev–Trinajstić information content (AvgIpc) is 2.95. The predicted octanol–water partition coefficient (Wildman–Crippen LogP) is 3.01. The molecule has 6 nitrogen and oxygen atoms in total. The van der Waals surface area contributed by atoms with Gasteiger partial charge in [0, 0.05) is 35.5 Å².